The van der Waals surface area contributed by atoms with Crippen molar-refractivity contribution >= 4 is 0 Å². The molecular weight excluding hydrogens is 214 g/mol. The fourth-order valence-corrected chi connectivity index (χ4v) is 1.87. The van der Waals surface area contributed by atoms with Crippen molar-refractivity contribution in [3.63, 3.8) is 0 Å². The molecule has 4 heteroatoms. The van der Waals surface area contributed by atoms with Crippen molar-refractivity contribution in [2.45, 2.75) is 18.3 Å². The van der Waals surface area contributed by atoms with Gasteiger partial charge in [0.05, 0.1) is 23.4 Å². The first-order valence-electron chi connectivity index (χ1n) is 5.70. The quantitative estimate of drug-likeness (QED) is 0.864. The molecule has 0 amide bonds. The third kappa shape index (κ3) is 1.80. The van der Waals surface area contributed by atoms with Crippen molar-refractivity contribution in [3.05, 3.63) is 42.5 Å². The summed E-state index contributed by atoms with van der Waals surface area (Å²) >= 11 is 0. The Bertz CT molecular complexity index is 523. The molecule has 1 aliphatic rings. The largest absolute Gasteiger partial charge is 0.395 e. The topological polar surface area (TPSA) is 58.9 Å². The molecule has 3 rings (SSSR count). The van der Waals surface area contributed by atoms with Crippen LogP contribution in [0.25, 0.3) is 11.4 Å². The molecule has 0 atom stereocenters. The first kappa shape index (κ1) is 10.4. The maximum absolute atomic E-state index is 9.38. The maximum Gasteiger partial charge on any atom is 0.137 e. The molecule has 4 nitrogen and oxygen atoms in total. The molecule has 0 spiro atoms. The van der Waals surface area contributed by atoms with Crippen LogP contribution in [0.2, 0.25) is 0 Å². The van der Waals surface area contributed by atoms with Crippen LogP contribution in [0.3, 0.4) is 0 Å². The number of aromatic nitrogens is 3. The lowest BCUT2D eigenvalue weighted by atomic mass is 10.1. The van der Waals surface area contributed by atoms with Crippen LogP contribution in [0.15, 0.2) is 36.7 Å². The molecule has 0 unspecified atom stereocenters. The van der Waals surface area contributed by atoms with E-state index in [2.05, 4.69) is 15.0 Å². The Labute approximate surface area is 99.4 Å². The zero-order chi connectivity index (χ0) is 11.7. The Balaban J connectivity index is 2.00. The summed E-state index contributed by atoms with van der Waals surface area (Å²) < 4.78 is 0. The second kappa shape index (κ2) is 3.89. The van der Waals surface area contributed by atoms with E-state index in [9.17, 15) is 5.11 Å². The zero-order valence-corrected chi connectivity index (χ0v) is 9.37. The van der Waals surface area contributed by atoms with E-state index < -0.39 is 0 Å². The van der Waals surface area contributed by atoms with Crippen molar-refractivity contribution in [1.82, 2.24) is 15.0 Å². The fraction of sp³-hybridized carbons (Fsp3) is 0.308. The van der Waals surface area contributed by atoms with Crippen LogP contribution in [-0.2, 0) is 5.41 Å². The van der Waals surface area contributed by atoms with Gasteiger partial charge in [0.15, 0.2) is 0 Å². The number of aliphatic hydroxyl groups is 1. The van der Waals surface area contributed by atoms with Gasteiger partial charge in [0.2, 0.25) is 0 Å². The molecule has 2 aromatic rings. The van der Waals surface area contributed by atoms with Crippen LogP contribution >= 0.6 is 0 Å². The highest BCUT2D eigenvalue weighted by Crippen LogP contribution is 2.46. The summed E-state index contributed by atoms with van der Waals surface area (Å²) in [6, 6.07) is 7.58. The first-order valence-corrected chi connectivity index (χ1v) is 5.70. The average molecular weight is 227 g/mol. The molecule has 17 heavy (non-hydrogen) atoms. The van der Waals surface area contributed by atoms with Gasteiger partial charge in [-0.3, -0.25) is 4.98 Å². The lowest BCUT2D eigenvalue weighted by Crippen LogP contribution is -2.16. The summed E-state index contributed by atoms with van der Waals surface area (Å²) in [5, 5.41) is 9.38. The smallest absolute Gasteiger partial charge is 0.137 e. The van der Waals surface area contributed by atoms with Gasteiger partial charge in [0, 0.05) is 12.4 Å². The molecule has 0 aliphatic heterocycles. The van der Waals surface area contributed by atoms with E-state index in [1.807, 2.05) is 24.3 Å². The number of aliphatic hydroxyl groups excluding tert-OH is 1. The van der Waals surface area contributed by atoms with Gasteiger partial charge in [-0.2, -0.15) is 0 Å². The minimum Gasteiger partial charge on any atom is -0.395 e. The Morgan fingerprint density at radius 2 is 1.94 bits per heavy atom. The normalized spacial score (nSPS) is 16.8. The summed E-state index contributed by atoms with van der Waals surface area (Å²) in [5.41, 5.74) is 1.46. The van der Waals surface area contributed by atoms with Crippen molar-refractivity contribution in [1.29, 1.82) is 0 Å². The van der Waals surface area contributed by atoms with Crippen molar-refractivity contribution < 1.29 is 5.11 Å². The third-order valence-electron chi connectivity index (χ3n) is 3.21. The number of hydrogen-bond donors (Lipinski definition) is 1. The summed E-state index contributed by atoms with van der Waals surface area (Å²) in [4.78, 5) is 13.1. The highest BCUT2D eigenvalue weighted by atomic mass is 16.3. The molecule has 86 valence electrons. The number of nitrogens with zero attached hydrogens (tertiary/aromatic N) is 3. The van der Waals surface area contributed by atoms with Crippen molar-refractivity contribution in [2.24, 2.45) is 0 Å². The first-order chi connectivity index (χ1) is 8.34. The van der Waals surface area contributed by atoms with Crippen LogP contribution in [-0.4, -0.2) is 26.7 Å². The second-order valence-corrected chi connectivity index (χ2v) is 4.42. The Hall–Kier alpha value is -1.81. The molecule has 1 saturated carbocycles. The molecule has 0 radical (unpaired) electrons. The summed E-state index contributed by atoms with van der Waals surface area (Å²) in [7, 11) is 0. The zero-order valence-electron chi connectivity index (χ0n) is 9.37. The van der Waals surface area contributed by atoms with E-state index in [0.29, 0.717) is 0 Å². The van der Waals surface area contributed by atoms with Crippen LogP contribution in [0.4, 0.5) is 0 Å². The molecule has 0 saturated heterocycles. The lowest BCUT2D eigenvalue weighted by Gasteiger charge is -2.10. The number of pyridine rings is 1. The van der Waals surface area contributed by atoms with Crippen molar-refractivity contribution in [2.75, 3.05) is 6.61 Å². The van der Waals surface area contributed by atoms with Gasteiger partial charge in [-0.1, -0.05) is 6.07 Å². The van der Waals surface area contributed by atoms with E-state index in [1.54, 1.807) is 12.4 Å². The van der Waals surface area contributed by atoms with Gasteiger partial charge < -0.3 is 5.11 Å². The maximum atomic E-state index is 9.38. The fourth-order valence-electron chi connectivity index (χ4n) is 1.87. The molecular formula is C13H13N3O. The van der Waals surface area contributed by atoms with Crippen LogP contribution < -0.4 is 0 Å². The van der Waals surface area contributed by atoms with Crippen LogP contribution in [0.5, 0.6) is 0 Å². The molecule has 0 bridgehead atoms. The van der Waals surface area contributed by atoms with E-state index in [4.69, 9.17) is 0 Å². The summed E-state index contributed by atoms with van der Waals surface area (Å²) in [6.45, 7) is 0.124. The Morgan fingerprint density at radius 3 is 2.59 bits per heavy atom. The number of hydrogen-bond acceptors (Lipinski definition) is 4. The standard InChI is InChI=1S/C13H13N3O/c17-9-13(5-6-13)12-15-8-4-11(16-12)10-3-1-2-7-14-10/h1-4,7-8,17H,5-6,9H2. The second-order valence-electron chi connectivity index (χ2n) is 4.42. The van der Waals surface area contributed by atoms with Gasteiger partial charge in [-0.15, -0.1) is 0 Å². The van der Waals surface area contributed by atoms with Crippen molar-refractivity contribution in [3.8, 4) is 11.4 Å². The molecule has 1 fully saturated rings. The van der Waals surface area contributed by atoms with E-state index in [-0.39, 0.29) is 12.0 Å². The Morgan fingerprint density at radius 1 is 1.06 bits per heavy atom. The van der Waals surface area contributed by atoms with Gasteiger partial charge in [-0.25, -0.2) is 9.97 Å². The van der Waals surface area contributed by atoms with Gasteiger partial charge in [0.25, 0.3) is 0 Å². The summed E-state index contributed by atoms with van der Waals surface area (Å²) in [5.74, 6) is 0.739. The van der Waals surface area contributed by atoms with Gasteiger partial charge >= 0.3 is 0 Å². The molecule has 0 aromatic carbocycles. The highest BCUT2D eigenvalue weighted by molar-refractivity contribution is 5.53. The third-order valence-corrected chi connectivity index (χ3v) is 3.21. The van der Waals surface area contributed by atoms with Gasteiger partial charge in [-0.05, 0) is 31.0 Å². The predicted octanol–water partition coefficient (Wildman–Crippen LogP) is 1.56. The lowest BCUT2D eigenvalue weighted by molar-refractivity contribution is 0.250. The minimum atomic E-state index is -0.190. The monoisotopic (exact) mass is 227 g/mol. The molecule has 1 N–H and O–H groups in total. The molecule has 2 heterocycles. The van der Waals surface area contributed by atoms with E-state index >= 15 is 0 Å². The molecule has 2 aromatic heterocycles. The van der Waals surface area contributed by atoms with E-state index in [0.717, 1.165) is 30.1 Å². The van der Waals surface area contributed by atoms with Gasteiger partial charge in [0.1, 0.15) is 5.82 Å². The SMILES string of the molecule is OCC1(c2nccc(-c3ccccn3)n2)CC1. The van der Waals surface area contributed by atoms with E-state index in [1.165, 1.54) is 0 Å². The van der Waals surface area contributed by atoms with Crippen LogP contribution in [0.1, 0.15) is 18.7 Å². The highest BCUT2D eigenvalue weighted by Gasteiger charge is 2.46. The molecule has 1 aliphatic carbocycles. The minimum absolute atomic E-state index is 0.124. The predicted molar refractivity (Wildman–Crippen MR) is 63.3 cm³/mol. The summed E-state index contributed by atoms with van der Waals surface area (Å²) in [6.07, 6.45) is 5.42. The number of rotatable bonds is 3. The Kier molecular flexibility index (Phi) is 2.37. The average Bonchev–Trinajstić information content (AvgIpc) is 3.21. The van der Waals surface area contributed by atoms with Crippen LogP contribution in [0, 0.1) is 0 Å².